The van der Waals surface area contributed by atoms with Crippen LogP contribution in [0, 0.1) is 5.82 Å². The van der Waals surface area contributed by atoms with Gasteiger partial charge in [-0.3, -0.25) is 4.79 Å². The van der Waals surface area contributed by atoms with E-state index in [1.54, 1.807) is 48.5 Å². The molecule has 0 spiro atoms. The lowest BCUT2D eigenvalue weighted by atomic mass is 10.2. The van der Waals surface area contributed by atoms with Crippen LogP contribution in [-0.2, 0) is 27.8 Å². The van der Waals surface area contributed by atoms with Gasteiger partial charge in [0.15, 0.2) is 11.5 Å². The third-order valence-electron chi connectivity index (χ3n) is 7.16. The molecular formula is C30H29FN4O5S2. The Hall–Kier alpha value is -4.13. The predicted molar refractivity (Wildman–Crippen MR) is 161 cm³/mol. The van der Waals surface area contributed by atoms with Crippen molar-refractivity contribution in [3.63, 3.8) is 0 Å². The summed E-state index contributed by atoms with van der Waals surface area (Å²) in [6.45, 7) is 2.18. The number of nitrogens with one attached hydrogen (secondary N) is 2. The molecule has 6 rings (SSSR count). The van der Waals surface area contributed by atoms with Crippen LogP contribution in [0.25, 0.3) is 0 Å². The van der Waals surface area contributed by atoms with Crippen molar-refractivity contribution >= 4 is 44.3 Å². The average Bonchev–Trinajstić information content (AvgIpc) is 3.68. The van der Waals surface area contributed by atoms with Gasteiger partial charge in [-0.25, -0.2) is 17.5 Å². The van der Waals surface area contributed by atoms with Crippen molar-refractivity contribution in [2.24, 2.45) is 0 Å². The van der Waals surface area contributed by atoms with Crippen molar-refractivity contribution in [2.45, 2.75) is 17.9 Å². The summed E-state index contributed by atoms with van der Waals surface area (Å²) in [5.74, 6) is 0.657. The molecule has 3 aromatic carbocycles. The Bertz CT molecular complexity index is 1690. The fourth-order valence-electron chi connectivity index (χ4n) is 5.05. The lowest BCUT2D eigenvalue weighted by Gasteiger charge is -2.38. The quantitative estimate of drug-likeness (QED) is 0.287. The fraction of sp³-hybridized carbons (Fsp3) is 0.233. The molecule has 0 radical (unpaired) electrons. The van der Waals surface area contributed by atoms with E-state index < -0.39 is 10.0 Å². The molecule has 4 aromatic rings. The van der Waals surface area contributed by atoms with Gasteiger partial charge in [-0.1, -0.05) is 24.3 Å². The molecule has 2 aliphatic heterocycles. The molecule has 0 bridgehead atoms. The maximum Gasteiger partial charge on any atom is 0.243 e. The number of thiophene rings is 1. The molecule has 0 aliphatic carbocycles. The number of nitrogens with zero attached hydrogens (tertiary/aromatic N) is 2. The Labute approximate surface area is 247 Å². The molecule has 218 valence electrons. The van der Waals surface area contributed by atoms with Crippen molar-refractivity contribution in [3.8, 4) is 11.5 Å². The van der Waals surface area contributed by atoms with Crippen LogP contribution in [0.3, 0.4) is 0 Å². The normalized spacial score (nSPS) is 14.7. The molecule has 42 heavy (non-hydrogen) atoms. The number of halogens is 1. The topological polar surface area (TPSA) is 100 Å². The van der Waals surface area contributed by atoms with Gasteiger partial charge < -0.3 is 24.6 Å². The van der Waals surface area contributed by atoms with Crippen molar-refractivity contribution in [1.82, 2.24) is 4.72 Å². The number of hydrogen-bond donors (Lipinski definition) is 2. The molecule has 2 N–H and O–H groups in total. The summed E-state index contributed by atoms with van der Waals surface area (Å²) in [5, 5.41) is 4.74. The van der Waals surface area contributed by atoms with Crippen LogP contribution in [0.1, 0.15) is 10.4 Å². The Morgan fingerprint density at radius 2 is 1.64 bits per heavy atom. The second kappa shape index (κ2) is 12.0. The summed E-state index contributed by atoms with van der Waals surface area (Å²) in [4.78, 5) is 17.6. The Kier molecular flexibility index (Phi) is 8.00. The number of anilines is 3. The summed E-state index contributed by atoms with van der Waals surface area (Å²) in [7, 11) is -4.02. The summed E-state index contributed by atoms with van der Waals surface area (Å²) in [6, 6.07) is 20.6. The van der Waals surface area contributed by atoms with Crippen LogP contribution >= 0.6 is 11.3 Å². The van der Waals surface area contributed by atoms with Crippen molar-refractivity contribution < 1.29 is 27.1 Å². The molecule has 3 heterocycles. The molecule has 1 amide bonds. The lowest BCUT2D eigenvalue weighted by molar-refractivity contribution is -0.115. The highest BCUT2D eigenvalue weighted by Gasteiger charge is 2.27. The Balaban J connectivity index is 1.23. The second-order valence-corrected chi connectivity index (χ2v) is 12.7. The minimum atomic E-state index is -4.02. The van der Waals surface area contributed by atoms with E-state index in [-0.39, 0.29) is 36.4 Å². The highest BCUT2D eigenvalue weighted by Crippen LogP contribution is 2.34. The summed E-state index contributed by atoms with van der Waals surface area (Å²) >= 11 is 1.48. The molecule has 12 heteroatoms. The standard InChI is InChI=1S/C30H29FN4O5S2/c31-24-5-1-2-6-25(24)34-11-13-35(14-12-34)26-9-8-22(33-30(36)18-23-4-3-15-41-23)17-29(26)42(37,38)32-19-21-7-10-27-28(16-21)40-20-39-27/h1-10,15-17,32H,11-14,18-20H2,(H,33,36). The first-order chi connectivity index (χ1) is 20.4. The molecule has 2 aliphatic rings. The van der Waals surface area contributed by atoms with Gasteiger partial charge in [0.25, 0.3) is 0 Å². The first kappa shape index (κ1) is 28.0. The predicted octanol–water partition coefficient (Wildman–Crippen LogP) is 4.60. The number of carbonyl (C=O) groups is 1. The monoisotopic (exact) mass is 608 g/mol. The number of sulfonamides is 1. The molecule has 0 saturated carbocycles. The van der Waals surface area contributed by atoms with E-state index in [0.29, 0.717) is 60.3 Å². The number of piperazine rings is 1. The van der Waals surface area contributed by atoms with E-state index in [9.17, 15) is 17.6 Å². The number of hydrogen-bond acceptors (Lipinski definition) is 8. The Morgan fingerprint density at radius 1 is 0.881 bits per heavy atom. The highest BCUT2D eigenvalue weighted by molar-refractivity contribution is 7.89. The van der Waals surface area contributed by atoms with Gasteiger partial charge in [-0.15, -0.1) is 11.3 Å². The van der Waals surface area contributed by atoms with Crippen LogP contribution in [-0.4, -0.2) is 47.3 Å². The summed E-state index contributed by atoms with van der Waals surface area (Å²) < 4.78 is 55.4. The summed E-state index contributed by atoms with van der Waals surface area (Å²) in [6.07, 6.45) is 0.196. The molecule has 1 saturated heterocycles. The van der Waals surface area contributed by atoms with Gasteiger partial charge in [0.05, 0.1) is 17.8 Å². The number of carbonyl (C=O) groups excluding carboxylic acids is 1. The van der Waals surface area contributed by atoms with Crippen LogP contribution in [0.2, 0.25) is 0 Å². The zero-order chi connectivity index (χ0) is 29.1. The molecule has 1 fully saturated rings. The first-order valence-electron chi connectivity index (χ1n) is 13.4. The number of rotatable bonds is 9. The van der Waals surface area contributed by atoms with Gasteiger partial charge in [0, 0.05) is 43.3 Å². The van der Waals surface area contributed by atoms with E-state index in [1.807, 2.05) is 27.3 Å². The second-order valence-electron chi connectivity index (χ2n) is 9.92. The molecule has 0 atom stereocenters. The first-order valence-corrected chi connectivity index (χ1v) is 15.8. The molecule has 1 aromatic heterocycles. The minimum Gasteiger partial charge on any atom is -0.454 e. The molecule has 0 unspecified atom stereocenters. The van der Waals surface area contributed by atoms with Gasteiger partial charge >= 0.3 is 0 Å². The van der Waals surface area contributed by atoms with Gasteiger partial charge in [0.1, 0.15) is 10.7 Å². The number of benzene rings is 3. The fourth-order valence-corrected chi connectivity index (χ4v) is 7.02. The van der Waals surface area contributed by atoms with E-state index >= 15 is 0 Å². The SMILES string of the molecule is O=C(Cc1cccs1)Nc1ccc(N2CCN(c3ccccc3F)CC2)c(S(=O)(=O)NCc2ccc3c(c2)OCO3)c1. The zero-order valence-corrected chi connectivity index (χ0v) is 24.2. The van der Waals surface area contributed by atoms with Gasteiger partial charge in [0.2, 0.25) is 22.7 Å². The van der Waals surface area contributed by atoms with E-state index in [0.717, 1.165) is 4.88 Å². The molecule has 9 nitrogen and oxygen atoms in total. The zero-order valence-electron chi connectivity index (χ0n) is 22.6. The van der Waals surface area contributed by atoms with Crippen LogP contribution < -0.4 is 29.3 Å². The lowest BCUT2D eigenvalue weighted by Crippen LogP contribution is -2.47. The third-order valence-corrected chi connectivity index (χ3v) is 9.47. The van der Waals surface area contributed by atoms with Crippen LogP contribution in [0.4, 0.5) is 21.5 Å². The number of ether oxygens (including phenoxy) is 2. The van der Waals surface area contributed by atoms with Crippen molar-refractivity contribution in [1.29, 1.82) is 0 Å². The Morgan fingerprint density at radius 3 is 2.40 bits per heavy atom. The van der Waals surface area contributed by atoms with Gasteiger partial charge in [-0.05, 0) is 59.5 Å². The average molecular weight is 609 g/mol. The van der Waals surface area contributed by atoms with Crippen LogP contribution in [0.5, 0.6) is 11.5 Å². The summed E-state index contributed by atoms with van der Waals surface area (Å²) in [5.41, 5.74) is 2.13. The maximum atomic E-state index is 14.4. The smallest absolute Gasteiger partial charge is 0.243 e. The van der Waals surface area contributed by atoms with E-state index in [2.05, 4.69) is 10.0 Å². The number of para-hydroxylation sites is 1. The van der Waals surface area contributed by atoms with Crippen LogP contribution in [0.15, 0.2) is 83.1 Å². The van der Waals surface area contributed by atoms with Gasteiger partial charge in [-0.2, -0.15) is 0 Å². The minimum absolute atomic E-state index is 0.0362. The third kappa shape index (κ3) is 6.20. The highest BCUT2D eigenvalue weighted by atomic mass is 32.2. The van der Waals surface area contributed by atoms with E-state index in [1.165, 1.54) is 23.5 Å². The van der Waals surface area contributed by atoms with E-state index in [4.69, 9.17) is 9.47 Å². The van der Waals surface area contributed by atoms with Crippen molar-refractivity contribution in [2.75, 3.05) is 48.1 Å². The molecular weight excluding hydrogens is 579 g/mol. The number of amides is 1. The maximum absolute atomic E-state index is 14.4. The largest absolute Gasteiger partial charge is 0.454 e. The van der Waals surface area contributed by atoms with Crippen molar-refractivity contribution in [3.05, 3.63) is 94.4 Å². The number of fused-ring (bicyclic) bond motifs is 1.